The topological polar surface area (TPSA) is 92.9 Å². The summed E-state index contributed by atoms with van der Waals surface area (Å²) in [7, 11) is -4.25. The molecule has 0 aromatic heterocycles. The van der Waals surface area contributed by atoms with E-state index in [-0.39, 0.29) is 6.54 Å². The quantitative estimate of drug-likeness (QED) is 0.593. The van der Waals surface area contributed by atoms with Gasteiger partial charge < -0.3 is 15.4 Å². The van der Waals surface area contributed by atoms with Crippen LogP contribution in [0.2, 0.25) is 0 Å². The van der Waals surface area contributed by atoms with Crippen molar-refractivity contribution < 1.29 is 31.1 Å². The zero-order valence-corrected chi connectivity index (χ0v) is 19.4. The predicted octanol–water partition coefficient (Wildman–Crippen LogP) is 4.36. The number of fused-ring (bicyclic) bond motifs is 1. The number of sulfonamides is 1. The van der Waals surface area contributed by atoms with E-state index in [1.165, 1.54) is 0 Å². The second kappa shape index (κ2) is 9.18. The van der Waals surface area contributed by atoms with Gasteiger partial charge in [-0.25, -0.2) is 13.2 Å². The van der Waals surface area contributed by atoms with E-state index in [9.17, 15) is 26.4 Å². The third-order valence-electron chi connectivity index (χ3n) is 4.99. The first-order valence-corrected chi connectivity index (χ1v) is 11.8. The van der Waals surface area contributed by atoms with Crippen LogP contribution in [0.1, 0.15) is 18.9 Å². The van der Waals surface area contributed by atoms with Crippen molar-refractivity contribution in [2.24, 2.45) is 5.73 Å². The van der Waals surface area contributed by atoms with E-state index in [4.69, 9.17) is 10.5 Å². The summed E-state index contributed by atoms with van der Waals surface area (Å²) in [4.78, 5) is 12.4. The van der Waals surface area contributed by atoms with Crippen LogP contribution in [0.5, 0.6) is 0 Å². The van der Waals surface area contributed by atoms with Gasteiger partial charge >= 0.3 is 12.3 Å². The molecule has 0 aliphatic carbocycles. The molecule has 1 heterocycles. The predicted molar refractivity (Wildman–Crippen MR) is 117 cm³/mol. The average molecular weight is 536 g/mol. The van der Waals surface area contributed by atoms with Crippen molar-refractivity contribution in [1.29, 1.82) is 0 Å². The summed E-state index contributed by atoms with van der Waals surface area (Å²) in [5.74, 6) is 0. The van der Waals surface area contributed by atoms with Gasteiger partial charge in [0.1, 0.15) is 6.10 Å². The van der Waals surface area contributed by atoms with Crippen molar-refractivity contribution in [3.63, 3.8) is 0 Å². The smallest absolute Gasteiger partial charge is 0.416 e. The Kier molecular flexibility index (Phi) is 6.94. The highest BCUT2D eigenvalue weighted by molar-refractivity contribution is 9.10. The molecule has 1 unspecified atom stereocenters. The number of ether oxygens (including phenoxy) is 1. The second-order valence-electron chi connectivity index (χ2n) is 7.26. The number of nitrogens with zero attached hydrogens (tertiary/aromatic N) is 2. The zero-order valence-electron chi connectivity index (χ0n) is 17.0. The monoisotopic (exact) mass is 535 g/mol. The Hall–Kier alpha value is -2.47. The lowest BCUT2D eigenvalue weighted by molar-refractivity contribution is -0.137. The molecule has 174 valence electrons. The summed E-state index contributed by atoms with van der Waals surface area (Å²) < 4.78 is 72.6. The van der Waals surface area contributed by atoms with Gasteiger partial charge in [0, 0.05) is 24.0 Å². The van der Waals surface area contributed by atoms with E-state index >= 15 is 0 Å². The highest BCUT2D eigenvalue weighted by atomic mass is 79.9. The minimum absolute atomic E-state index is 0.0348. The Labute approximate surface area is 192 Å². The Bertz CT molecular complexity index is 1110. The molecule has 0 saturated carbocycles. The molecule has 0 bridgehead atoms. The molecule has 3 rings (SSSR count). The molecule has 0 fully saturated rings. The van der Waals surface area contributed by atoms with Crippen molar-refractivity contribution in [3.8, 4) is 0 Å². The van der Waals surface area contributed by atoms with Crippen LogP contribution in [0.15, 0.2) is 51.8 Å². The number of hydrogen-bond acceptors (Lipinski definition) is 5. The van der Waals surface area contributed by atoms with Crippen LogP contribution in [0.3, 0.4) is 0 Å². The third-order valence-corrected chi connectivity index (χ3v) is 7.29. The standard InChI is InChI=1S/C20H21BrF3N3O4S/c1-13(31-19(25)28)7-8-26-9-10-27(18-12-15(21)5-6-17(18)26)32(29,30)16-4-2-3-14(11-16)20(22,23)24/h2-6,11-13H,7-10H2,1H3,(H2,25,28). The van der Waals surface area contributed by atoms with Crippen molar-refractivity contribution in [3.05, 3.63) is 52.5 Å². The molecule has 32 heavy (non-hydrogen) atoms. The maximum absolute atomic E-state index is 13.3. The van der Waals surface area contributed by atoms with Crippen LogP contribution in [0, 0.1) is 0 Å². The van der Waals surface area contributed by atoms with Gasteiger partial charge in [-0.3, -0.25) is 4.31 Å². The molecule has 1 aliphatic heterocycles. The molecule has 1 aliphatic rings. The highest BCUT2D eigenvalue weighted by Gasteiger charge is 2.35. The lowest BCUT2D eigenvalue weighted by Gasteiger charge is -2.38. The van der Waals surface area contributed by atoms with E-state index in [1.54, 1.807) is 25.1 Å². The summed E-state index contributed by atoms with van der Waals surface area (Å²) in [6.07, 6.45) is -5.51. The SMILES string of the molecule is CC(CCN1CCN(S(=O)(=O)c2cccc(C(F)(F)F)c2)c2cc(Br)ccc21)OC(N)=O. The van der Waals surface area contributed by atoms with Gasteiger partial charge in [0.15, 0.2) is 0 Å². The molecule has 1 amide bonds. The number of primary amides is 1. The Balaban J connectivity index is 1.93. The van der Waals surface area contributed by atoms with Crippen LogP contribution in [0.25, 0.3) is 0 Å². The first-order chi connectivity index (χ1) is 14.9. The molecule has 7 nitrogen and oxygen atoms in total. The van der Waals surface area contributed by atoms with Crippen LogP contribution < -0.4 is 14.9 Å². The number of alkyl halides is 3. The zero-order chi connectivity index (χ0) is 23.7. The van der Waals surface area contributed by atoms with E-state index in [1.807, 2.05) is 4.90 Å². The van der Waals surface area contributed by atoms with E-state index in [0.29, 0.717) is 41.4 Å². The van der Waals surface area contributed by atoms with E-state index in [0.717, 1.165) is 22.5 Å². The van der Waals surface area contributed by atoms with Crippen LogP contribution in [0.4, 0.5) is 29.3 Å². The van der Waals surface area contributed by atoms with Crippen molar-refractivity contribution in [2.75, 3.05) is 28.8 Å². The normalized spacial score (nSPS) is 15.3. The number of hydrogen-bond donors (Lipinski definition) is 1. The number of amides is 1. The summed E-state index contributed by atoms with van der Waals surface area (Å²) in [5, 5.41) is 0. The molecule has 0 saturated heterocycles. The van der Waals surface area contributed by atoms with E-state index in [2.05, 4.69) is 15.9 Å². The minimum atomic E-state index is -4.66. The first kappa shape index (κ1) is 24.2. The molecule has 12 heteroatoms. The van der Waals surface area contributed by atoms with E-state index < -0.39 is 38.9 Å². The molecule has 2 aromatic carbocycles. The van der Waals surface area contributed by atoms with Crippen LogP contribution in [-0.4, -0.2) is 40.2 Å². The summed E-state index contributed by atoms with van der Waals surface area (Å²) >= 11 is 3.33. The van der Waals surface area contributed by atoms with Gasteiger partial charge in [-0.15, -0.1) is 0 Å². The number of benzene rings is 2. The van der Waals surface area contributed by atoms with Gasteiger partial charge in [-0.05, 0) is 43.3 Å². The number of anilines is 2. The molecular formula is C20H21BrF3N3O4S. The molecular weight excluding hydrogens is 515 g/mol. The van der Waals surface area contributed by atoms with Crippen molar-refractivity contribution in [1.82, 2.24) is 0 Å². The average Bonchev–Trinajstić information content (AvgIpc) is 2.70. The van der Waals surface area contributed by atoms with Gasteiger partial charge in [-0.2, -0.15) is 13.2 Å². The largest absolute Gasteiger partial charge is 0.447 e. The Morgan fingerprint density at radius 3 is 2.56 bits per heavy atom. The maximum atomic E-state index is 13.3. The van der Waals surface area contributed by atoms with Crippen molar-refractivity contribution in [2.45, 2.75) is 30.5 Å². The van der Waals surface area contributed by atoms with Gasteiger partial charge in [0.2, 0.25) is 0 Å². The number of carbonyl (C=O) groups is 1. The first-order valence-electron chi connectivity index (χ1n) is 9.60. The highest BCUT2D eigenvalue weighted by Crippen LogP contribution is 2.39. The minimum Gasteiger partial charge on any atom is -0.447 e. The second-order valence-corrected chi connectivity index (χ2v) is 10.0. The lowest BCUT2D eigenvalue weighted by atomic mass is 10.1. The summed E-state index contributed by atoms with van der Waals surface area (Å²) in [6, 6.07) is 8.78. The van der Waals surface area contributed by atoms with Crippen LogP contribution in [-0.2, 0) is 20.9 Å². The molecule has 1 atom stereocenters. The fourth-order valence-electron chi connectivity index (χ4n) is 3.45. The third kappa shape index (κ3) is 5.29. The van der Waals surface area contributed by atoms with Gasteiger partial charge in [-0.1, -0.05) is 22.0 Å². The number of halogens is 4. The Morgan fingerprint density at radius 1 is 1.19 bits per heavy atom. The van der Waals surface area contributed by atoms with Crippen molar-refractivity contribution >= 4 is 43.4 Å². The van der Waals surface area contributed by atoms with Crippen LogP contribution >= 0.6 is 15.9 Å². The van der Waals surface area contributed by atoms with Gasteiger partial charge in [0.05, 0.1) is 28.4 Å². The molecule has 0 spiro atoms. The lowest BCUT2D eigenvalue weighted by Crippen LogP contribution is -2.45. The maximum Gasteiger partial charge on any atom is 0.416 e. The fourth-order valence-corrected chi connectivity index (χ4v) is 5.31. The number of rotatable bonds is 6. The summed E-state index contributed by atoms with van der Waals surface area (Å²) in [6.45, 7) is 2.49. The summed E-state index contributed by atoms with van der Waals surface area (Å²) in [5.41, 5.74) is 4.94. The molecule has 0 radical (unpaired) electrons. The Morgan fingerprint density at radius 2 is 1.91 bits per heavy atom. The molecule has 2 aromatic rings. The number of carbonyl (C=O) groups excluding carboxylic acids is 1. The molecule has 2 N–H and O–H groups in total. The fraction of sp³-hybridized carbons (Fsp3) is 0.350. The number of nitrogens with two attached hydrogens (primary N) is 1. The van der Waals surface area contributed by atoms with Gasteiger partial charge in [0.25, 0.3) is 10.0 Å².